The molecule has 0 saturated heterocycles. The monoisotopic (exact) mass is 303 g/mol. The van der Waals surface area contributed by atoms with E-state index < -0.39 is 17.5 Å². The van der Waals surface area contributed by atoms with Gasteiger partial charge in [-0.3, -0.25) is 4.79 Å². The summed E-state index contributed by atoms with van der Waals surface area (Å²) < 4.78 is 31.7. The summed E-state index contributed by atoms with van der Waals surface area (Å²) in [4.78, 5) is 11.8. The molecule has 2 aromatic rings. The normalized spacial score (nSPS) is 10.7. The molecule has 0 fully saturated rings. The lowest BCUT2D eigenvalue weighted by Gasteiger charge is -2.06. The van der Waals surface area contributed by atoms with E-state index in [2.05, 4.69) is 5.32 Å². The molecule has 0 bridgehead atoms. The first-order valence-corrected chi connectivity index (χ1v) is 6.58. The number of benzene rings is 2. The van der Waals surface area contributed by atoms with Crippen LogP contribution in [0.3, 0.4) is 0 Å². The minimum Gasteiger partial charge on any atom is -0.496 e. The fraction of sp³-hybridized carbons (Fsp3) is 0.118. The van der Waals surface area contributed by atoms with Crippen LogP contribution in [0.2, 0.25) is 0 Å². The van der Waals surface area contributed by atoms with Crippen molar-refractivity contribution in [3.8, 4) is 5.75 Å². The number of methoxy groups -OCH3 is 1. The number of rotatable bonds is 4. The van der Waals surface area contributed by atoms with Crippen molar-refractivity contribution in [3.63, 3.8) is 0 Å². The fourth-order valence-corrected chi connectivity index (χ4v) is 1.92. The van der Waals surface area contributed by atoms with Crippen molar-refractivity contribution in [2.24, 2.45) is 0 Å². The molecular formula is C17H15F2NO2. The highest BCUT2D eigenvalue weighted by atomic mass is 19.1. The Balaban J connectivity index is 2.15. The maximum atomic E-state index is 13.4. The number of carbonyl (C=O) groups excluding carboxylic acids is 1. The maximum Gasteiger partial charge on any atom is 0.248 e. The standard InChI is InChI=1S/C17H15F2NO2/c1-11-3-7-16(22-2)12(9-11)4-8-17(21)20-15-10-13(18)5-6-14(15)19/h3-10H,1-2H3,(H,20,21)/b8-4+. The van der Waals surface area contributed by atoms with Gasteiger partial charge in [0.2, 0.25) is 5.91 Å². The van der Waals surface area contributed by atoms with E-state index in [9.17, 15) is 13.6 Å². The number of ether oxygens (including phenoxy) is 1. The third kappa shape index (κ3) is 3.91. The van der Waals surface area contributed by atoms with E-state index in [0.29, 0.717) is 5.75 Å². The Hall–Kier alpha value is -2.69. The molecule has 3 nitrogen and oxygen atoms in total. The topological polar surface area (TPSA) is 38.3 Å². The Morgan fingerprint density at radius 2 is 1.95 bits per heavy atom. The average molecular weight is 303 g/mol. The summed E-state index contributed by atoms with van der Waals surface area (Å²) in [6, 6.07) is 8.40. The summed E-state index contributed by atoms with van der Waals surface area (Å²) in [5.41, 5.74) is 1.53. The van der Waals surface area contributed by atoms with Crippen LogP contribution in [0.1, 0.15) is 11.1 Å². The molecule has 0 atom stereocenters. The Morgan fingerprint density at radius 1 is 1.18 bits per heavy atom. The highest BCUT2D eigenvalue weighted by Crippen LogP contribution is 2.21. The van der Waals surface area contributed by atoms with Crippen LogP contribution in [0.25, 0.3) is 6.08 Å². The van der Waals surface area contributed by atoms with Gasteiger partial charge in [0.25, 0.3) is 0 Å². The molecular weight excluding hydrogens is 288 g/mol. The molecule has 1 N–H and O–H groups in total. The number of carbonyl (C=O) groups is 1. The van der Waals surface area contributed by atoms with Crippen LogP contribution < -0.4 is 10.1 Å². The van der Waals surface area contributed by atoms with Crippen molar-refractivity contribution in [3.05, 3.63) is 65.2 Å². The molecule has 0 aromatic heterocycles. The number of anilines is 1. The first kappa shape index (κ1) is 15.7. The minimum absolute atomic E-state index is 0.203. The summed E-state index contributed by atoms with van der Waals surface area (Å²) >= 11 is 0. The van der Waals surface area contributed by atoms with E-state index in [1.165, 1.54) is 13.2 Å². The Morgan fingerprint density at radius 3 is 2.68 bits per heavy atom. The van der Waals surface area contributed by atoms with Crippen LogP contribution in [-0.2, 0) is 4.79 Å². The Bertz CT molecular complexity index is 727. The zero-order chi connectivity index (χ0) is 16.1. The third-order valence-electron chi connectivity index (χ3n) is 2.99. The van der Waals surface area contributed by atoms with Gasteiger partial charge < -0.3 is 10.1 Å². The van der Waals surface area contributed by atoms with Gasteiger partial charge in [-0.2, -0.15) is 0 Å². The zero-order valence-electron chi connectivity index (χ0n) is 12.2. The van der Waals surface area contributed by atoms with Crippen molar-refractivity contribution in [2.75, 3.05) is 12.4 Å². The Labute approximate surface area is 127 Å². The molecule has 0 aliphatic carbocycles. The van der Waals surface area contributed by atoms with Gasteiger partial charge in [0.15, 0.2) is 0 Å². The molecule has 22 heavy (non-hydrogen) atoms. The van der Waals surface area contributed by atoms with Crippen LogP contribution in [0.15, 0.2) is 42.5 Å². The van der Waals surface area contributed by atoms with Crippen LogP contribution in [0.4, 0.5) is 14.5 Å². The lowest BCUT2D eigenvalue weighted by Crippen LogP contribution is -2.09. The van der Waals surface area contributed by atoms with Crippen molar-refractivity contribution in [1.29, 1.82) is 0 Å². The molecule has 0 unspecified atom stereocenters. The van der Waals surface area contributed by atoms with E-state index in [4.69, 9.17) is 4.74 Å². The quantitative estimate of drug-likeness (QED) is 0.869. The largest absolute Gasteiger partial charge is 0.496 e. The van der Waals surface area contributed by atoms with Crippen molar-refractivity contribution in [2.45, 2.75) is 6.92 Å². The van der Waals surface area contributed by atoms with Gasteiger partial charge in [0.05, 0.1) is 12.8 Å². The second kappa shape index (κ2) is 6.85. The molecule has 2 rings (SSSR count). The van der Waals surface area contributed by atoms with Gasteiger partial charge in [-0.1, -0.05) is 11.6 Å². The van der Waals surface area contributed by atoms with Crippen LogP contribution in [0.5, 0.6) is 5.75 Å². The highest BCUT2D eigenvalue weighted by molar-refractivity contribution is 6.02. The lowest BCUT2D eigenvalue weighted by molar-refractivity contribution is -0.111. The predicted molar refractivity (Wildman–Crippen MR) is 81.8 cm³/mol. The molecule has 114 valence electrons. The SMILES string of the molecule is COc1ccc(C)cc1/C=C/C(=O)Nc1cc(F)ccc1F. The highest BCUT2D eigenvalue weighted by Gasteiger charge is 2.06. The first-order valence-electron chi connectivity index (χ1n) is 6.58. The number of hydrogen-bond acceptors (Lipinski definition) is 2. The third-order valence-corrected chi connectivity index (χ3v) is 2.99. The molecule has 1 amide bonds. The summed E-state index contributed by atoms with van der Waals surface area (Å²) in [5, 5.41) is 2.29. The van der Waals surface area contributed by atoms with Crippen LogP contribution in [-0.4, -0.2) is 13.0 Å². The molecule has 5 heteroatoms. The van der Waals surface area contributed by atoms with E-state index >= 15 is 0 Å². The van der Waals surface area contributed by atoms with Crippen LogP contribution in [0, 0.1) is 18.6 Å². The summed E-state index contributed by atoms with van der Waals surface area (Å²) in [6.45, 7) is 1.92. The van der Waals surface area contributed by atoms with E-state index in [1.807, 2.05) is 19.1 Å². The molecule has 2 aromatic carbocycles. The van der Waals surface area contributed by atoms with Gasteiger partial charge >= 0.3 is 0 Å². The van der Waals surface area contributed by atoms with Crippen molar-refractivity contribution in [1.82, 2.24) is 0 Å². The summed E-state index contributed by atoms with van der Waals surface area (Å²) in [5.74, 6) is -1.27. The second-order valence-electron chi connectivity index (χ2n) is 4.69. The summed E-state index contributed by atoms with van der Waals surface area (Å²) in [7, 11) is 1.53. The first-order chi connectivity index (χ1) is 10.5. The summed E-state index contributed by atoms with van der Waals surface area (Å²) in [6.07, 6.45) is 2.79. The average Bonchev–Trinajstić information content (AvgIpc) is 2.49. The molecule has 0 radical (unpaired) electrons. The van der Waals surface area contributed by atoms with Crippen molar-refractivity contribution >= 4 is 17.7 Å². The van der Waals surface area contributed by atoms with Gasteiger partial charge in [-0.05, 0) is 37.3 Å². The van der Waals surface area contributed by atoms with Crippen molar-refractivity contribution < 1.29 is 18.3 Å². The number of nitrogens with one attached hydrogen (secondary N) is 1. The number of aryl methyl sites for hydroxylation is 1. The maximum absolute atomic E-state index is 13.4. The predicted octanol–water partition coefficient (Wildman–Crippen LogP) is 3.93. The zero-order valence-corrected chi connectivity index (χ0v) is 12.2. The van der Waals surface area contributed by atoms with Crippen LogP contribution >= 0.6 is 0 Å². The fourth-order valence-electron chi connectivity index (χ4n) is 1.92. The number of amides is 1. The molecule has 0 saturated carbocycles. The van der Waals surface area contributed by atoms with Gasteiger partial charge in [-0.25, -0.2) is 8.78 Å². The number of hydrogen-bond donors (Lipinski definition) is 1. The van der Waals surface area contributed by atoms with E-state index in [1.54, 1.807) is 12.1 Å². The smallest absolute Gasteiger partial charge is 0.248 e. The number of halogens is 2. The Kier molecular flexibility index (Phi) is 4.88. The minimum atomic E-state index is -0.698. The molecule has 0 heterocycles. The lowest BCUT2D eigenvalue weighted by atomic mass is 10.1. The second-order valence-corrected chi connectivity index (χ2v) is 4.69. The van der Waals surface area contributed by atoms with Gasteiger partial charge in [-0.15, -0.1) is 0 Å². The molecule has 0 spiro atoms. The van der Waals surface area contributed by atoms with Gasteiger partial charge in [0, 0.05) is 17.7 Å². The molecule has 0 aliphatic heterocycles. The van der Waals surface area contributed by atoms with Gasteiger partial charge in [0.1, 0.15) is 17.4 Å². The molecule has 0 aliphatic rings. The van der Waals surface area contributed by atoms with E-state index in [0.717, 1.165) is 29.3 Å². The van der Waals surface area contributed by atoms with E-state index in [-0.39, 0.29) is 5.69 Å².